The molecule has 0 unspecified atom stereocenters. The molecule has 4 rings (SSSR count). The standard InChI is InChI=1S/C17H8F2O2/c18-13-5-1-3-9-7-15-12(8-11(9)13)16(20)10-4-2-6-14(19)17(10)21-15/h1-8H. The lowest BCUT2D eigenvalue weighted by Gasteiger charge is -2.05. The summed E-state index contributed by atoms with van der Waals surface area (Å²) in [6, 6.07) is 11.8. The molecule has 0 spiro atoms. The largest absolute Gasteiger partial charge is 0.453 e. The van der Waals surface area contributed by atoms with Gasteiger partial charge < -0.3 is 4.42 Å². The second-order valence-electron chi connectivity index (χ2n) is 4.86. The summed E-state index contributed by atoms with van der Waals surface area (Å²) in [4.78, 5) is 12.4. The molecule has 21 heavy (non-hydrogen) atoms. The second-order valence-corrected chi connectivity index (χ2v) is 4.86. The van der Waals surface area contributed by atoms with E-state index in [0.29, 0.717) is 10.8 Å². The number of hydrogen-bond acceptors (Lipinski definition) is 2. The Labute approximate surface area is 117 Å². The Morgan fingerprint density at radius 2 is 1.57 bits per heavy atom. The first-order valence-corrected chi connectivity index (χ1v) is 6.38. The van der Waals surface area contributed by atoms with E-state index in [1.54, 1.807) is 18.2 Å². The van der Waals surface area contributed by atoms with Gasteiger partial charge in [0.2, 0.25) is 5.43 Å². The highest BCUT2D eigenvalue weighted by Gasteiger charge is 2.12. The van der Waals surface area contributed by atoms with Crippen LogP contribution in [0.15, 0.2) is 57.7 Å². The fraction of sp³-hybridized carbons (Fsp3) is 0. The van der Waals surface area contributed by atoms with Gasteiger partial charge in [-0.05, 0) is 35.7 Å². The Morgan fingerprint density at radius 3 is 2.43 bits per heavy atom. The molecule has 0 bridgehead atoms. The Hall–Kier alpha value is -2.75. The van der Waals surface area contributed by atoms with E-state index in [0.717, 1.165) is 0 Å². The zero-order valence-electron chi connectivity index (χ0n) is 10.7. The van der Waals surface area contributed by atoms with Gasteiger partial charge in [0.05, 0.1) is 10.8 Å². The van der Waals surface area contributed by atoms with E-state index in [2.05, 4.69) is 0 Å². The van der Waals surface area contributed by atoms with Crippen LogP contribution in [0.1, 0.15) is 0 Å². The van der Waals surface area contributed by atoms with Crippen molar-refractivity contribution in [2.75, 3.05) is 0 Å². The number of halogens is 2. The van der Waals surface area contributed by atoms with Gasteiger partial charge in [0.15, 0.2) is 11.4 Å². The van der Waals surface area contributed by atoms with Crippen LogP contribution in [0.5, 0.6) is 0 Å². The lowest BCUT2D eigenvalue weighted by Crippen LogP contribution is -2.03. The topological polar surface area (TPSA) is 30.2 Å². The highest BCUT2D eigenvalue weighted by atomic mass is 19.1. The first-order chi connectivity index (χ1) is 10.1. The van der Waals surface area contributed by atoms with Gasteiger partial charge in [-0.2, -0.15) is 0 Å². The third kappa shape index (κ3) is 1.65. The molecule has 0 aliphatic rings. The van der Waals surface area contributed by atoms with E-state index in [-0.39, 0.29) is 27.4 Å². The third-order valence-electron chi connectivity index (χ3n) is 3.60. The molecule has 2 nitrogen and oxygen atoms in total. The lowest BCUT2D eigenvalue weighted by molar-refractivity contribution is 0.579. The molecule has 1 heterocycles. The quantitative estimate of drug-likeness (QED) is 0.448. The van der Waals surface area contributed by atoms with Gasteiger partial charge in [0, 0.05) is 5.39 Å². The maximum atomic E-state index is 13.8. The normalized spacial score (nSPS) is 11.5. The van der Waals surface area contributed by atoms with Crippen molar-refractivity contribution in [3.05, 3.63) is 70.4 Å². The Kier molecular flexibility index (Phi) is 2.36. The third-order valence-corrected chi connectivity index (χ3v) is 3.60. The van der Waals surface area contributed by atoms with Crippen molar-refractivity contribution in [3.63, 3.8) is 0 Å². The average molecular weight is 282 g/mol. The molecule has 1 aromatic heterocycles. The van der Waals surface area contributed by atoms with Crippen molar-refractivity contribution in [2.45, 2.75) is 0 Å². The first kappa shape index (κ1) is 12.0. The molecular formula is C17H8F2O2. The van der Waals surface area contributed by atoms with Crippen molar-refractivity contribution in [2.24, 2.45) is 0 Å². The fourth-order valence-corrected chi connectivity index (χ4v) is 2.57. The number of para-hydroxylation sites is 1. The van der Waals surface area contributed by atoms with Crippen molar-refractivity contribution in [1.29, 1.82) is 0 Å². The van der Waals surface area contributed by atoms with E-state index >= 15 is 0 Å². The van der Waals surface area contributed by atoms with E-state index in [9.17, 15) is 13.6 Å². The minimum Gasteiger partial charge on any atom is -0.453 e. The SMILES string of the molecule is O=c1c2cc3c(F)cccc3cc2oc2c(F)cccc12. The van der Waals surface area contributed by atoms with Crippen LogP contribution in [0, 0.1) is 11.6 Å². The van der Waals surface area contributed by atoms with Gasteiger partial charge in [-0.1, -0.05) is 18.2 Å². The Morgan fingerprint density at radius 1 is 0.810 bits per heavy atom. The van der Waals surface area contributed by atoms with Crippen LogP contribution in [0.2, 0.25) is 0 Å². The van der Waals surface area contributed by atoms with Crippen LogP contribution in [0.25, 0.3) is 32.7 Å². The van der Waals surface area contributed by atoms with Crippen LogP contribution < -0.4 is 5.43 Å². The summed E-state index contributed by atoms with van der Waals surface area (Å²) < 4.78 is 33.1. The van der Waals surface area contributed by atoms with Crippen molar-refractivity contribution in [1.82, 2.24) is 0 Å². The molecule has 0 aliphatic heterocycles. The zero-order chi connectivity index (χ0) is 14.6. The summed E-state index contributed by atoms with van der Waals surface area (Å²) in [5.74, 6) is -1.00. The molecule has 4 aromatic rings. The molecule has 0 atom stereocenters. The molecule has 0 N–H and O–H groups in total. The van der Waals surface area contributed by atoms with E-state index in [1.807, 2.05) is 0 Å². The molecule has 102 valence electrons. The van der Waals surface area contributed by atoms with Crippen molar-refractivity contribution >= 4 is 32.7 Å². The number of benzene rings is 3. The summed E-state index contributed by atoms with van der Waals surface area (Å²) in [6.07, 6.45) is 0. The highest BCUT2D eigenvalue weighted by molar-refractivity contribution is 5.99. The molecule has 3 aromatic carbocycles. The van der Waals surface area contributed by atoms with Gasteiger partial charge >= 0.3 is 0 Å². The van der Waals surface area contributed by atoms with Crippen LogP contribution in [-0.4, -0.2) is 0 Å². The summed E-state index contributed by atoms with van der Waals surface area (Å²) in [6.45, 7) is 0. The lowest BCUT2D eigenvalue weighted by atomic mass is 10.1. The zero-order valence-corrected chi connectivity index (χ0v) is 10.7. The molecular weight excluding hydrogens is 274 g/mol. The molecule has 4 heteroatoms. The van der Waals surface area contributed by atoms with E-state index in [4.69, 9.17) is 4.42 Å². The monoisotopic (exact) mass is 282 g/mol. The molecule has 0 saturated heterocycles. The summed E-state index contributed by atoms with van der Waals surface area (Å²) in [7, 11) is 0. The maximum Gasteiger partial charge on any atom is 0.200 e. The fourth-order valence-electron chi connectivity index (χ4n) is 2.57. The second kappa shape index (κ2) is 4.12. The minimum absolute atomic E-state index is 0.0780. The number of hydrogen-bond donors (Lipinski definition) is 0. The Balaban J connectivity index is 2.29. The van der Waals surface area contributed by atoms with Gasteiger partial charge in [-0.15, -0.1) is 0 Å². The van der Waals surface area contributed by atoms with Crippen LogP contribution in [0.3, 0.4) is 0 Å². The first-order valence-electron chi connectivity index (χ1n) is 6.38. The smallest absolute Gasteiger partial charge is 0.200 e. The highest BCUT2D eigenvalue weighted by Crippen LogP contribution is 2.26. The van der Waals surface area contributed by atoms with Crippen molar-refractivity contribution in [3.8, 4) is 0 Å². The Bertz CT molecular complexity index is 1080. The van der Waals surface area contributed by atoms with Crippen molar-refractivity contribution < 1.29 is 13.2 Å². The minimum atomic E-state index is -0.592. The average Bonchev–Trinajstić information content (AvgIpc) is 2.48. The summed E-state index contributed by atoms with van der Waals surface area (Å²) >= 11 is 0. The van der Waals surface area contributed by atoms with E-state index in [1.165, 1.54) is 30.3 Å². The summed E-state index contributed by atoms with van der Waals surface area (Å²) in [5, 5.41) is 1.33. The number of rotatable bonds is 0. The van der Waals surface area contributed by atoms with Gasteiger partial charge in [-0.25, -0.2) is 8.78 Å². The predicted molar refractivity (Wildman–Crippen MR) is 77.4 cm³/mol. The molecule has 0 radical (unpaired) electrons. The van der Waals surface area contributed by atoms with Crippen LogP contribution in [-0.2, 0) is 0 Å². The molecule has 0 amide bonds. The van der Waals surface area contributed by atoms with Gasteiger partial charge in [0.25, 0.3) is 0 Å². The van der Waals surface area contributed by atoms with E-state index < -0.39 is 11.6 Å². The maximum absolute atomic E-state index is 13.8. The molecule has 0 fully saturated rings. The van der Waals surface area contributed by atoms with Gasteiger partial charge in [0.1, 0.15) is 11.4 Å². The van der Waals surface area contributed by atoms with Crippen LogP contribution >= 0.6 is 0 Å². The van der Waals surface area contributed by atoms with Crippen LogP contribution in [0.4, 0.5) is 8.78 Å². The summed E-state index contributed by atoms with van der Waals surface area (Å²) in [5.41, 5.74) is -0.197. The predicted octanol–water partition coefficient (Wildman–Crippen LogP) is 4.38. The van der Waals surface area contributed by atoms with Gasteiger partial charge in [-0.3, -0.25) is 4.79 Å². The number of fused-ring (bicyclic) bond motifs is 3. The molecule has 0 saturated carbocycles. The molecule has 0 aliphatic carbocycles.